The van der Waals surface area contributed by atoms with E-state index >= 15 is 0 Å². The number of benzene rings is 1. The van der Waals surface area contributed by atoms with Crippen LogP contribution in [0.5, 0.6) is 0 Å². The van der Waals surface area contributed by atoms with E-state index in [4.69, 9.17) is 11.6 Å². The fraction of sp³-hybridized carbons (Fsp3) is 0.619. The van der Waals surface area contributed by atoms with Gasteiger partial charge in [-0.15, -0.1) is 0 Å². The van der Waals surface area contributed by atoms with Crippen molar-refractivity contribution in [2.24, 2.45) is 0 Å². The lowest BCUT2D eigenvalue weighted by molar-refractivity contribution is -0.137. The number of anilines is 1. The van der Waals surface area contributed by atoms with Crippen LogP contribution < -0.4 is 5.32 Å². The summed E-state index contributed by atoms with van der Waals surface area (Å²) in [5.41, 5.74) is 0.643. The number of rotatable bonds is 5. The average molecular weight is 407 g/mol. The fourth-order valence-electron chi connectivity index (χ4n) is 3.98. The molecule has 2 fully saturated rings. The van der Waals surface area contributed by atoms with Gasteiger partial charge in [0.1, 0.15) is 0 Å². The maximum atomic E-state index is 12.8. The van der Waals surface area contributed by atoms with Gasteiger partial charge in [-0.05, 0) is 31.9 Å². The molecule has 0 aliphatic carbocycles. The highest BCUT2D eigenvalue weighted by Gasteiger charge is 2.29. The largest absolute Gasteiger partial charge is 0.341 e. The predicted molar refractivity (Wildman–Crippen MR) is 113 cm³/mol. The number of halogens is 1. The monoisotopic (exact) mass is 406 g/mol. The molecule has 1 aromatic carbocycles. The maximum absolute atomic E-state index is 12.8. The first-order valence-electron chi connectivity index (χ1n) is 10.3. The van der Waals surface area contributed by atoms with E-state index in [9.17, 15) is 9.59 Å². The van der Waals surface area contributed by atoms with Crippen LogP contribution in [0.15, 0.2) is 24.3 Å². The molecule has 28 heavy (non-hydrogen) atoms. The van der Waals surface area contributed by atoms with Gasteiger partial charge in [0.25, 0.3) is 0 Å². The molecule has 2 amide bonds. The van der Waals surface area contributed by atoms with Gasteiger partial charge in [-0.2, -0.15) is 0 Å². The van der Waals surface area contributed by atoms with Gasteiger partial charge in [-0.1, -0.05) is 36.6 Å². The molecule has 1 atom stereocenters. The van der Waals surface area contributed by atoms with E-state index in [1.165, 1.54) is 12.8 Å². The molecule has 154 valence electrons. The van der Waals surface area contributed by atoms with E-state index in [-0.39, 0.29) is 17.9 Å². The van der Waals surface area contributed by atoms with Crippen molar-refractivity contribution in [3.63, 3.8) is 0 Å². The van der Waals surface area contributed by atoms with Crippen LogP contribution in [0.3, 0.4) is 0 Å². The Balaban J connectivity index is 1.44. The first-order valence-corrected chi connectivity index (χ1v) is 10.7. The lowest BCUT2D eigenvalue weighted by Gasteiger charge is -2.38. The molecule has 0 bridgehead atoms. The van der Waals surface area contributed by atoms with Crippen molar-refractivity contribution in [1.82, 2.24) is 14.7 Å². The van der Waals surface area contributed by atoms with E-state index in [1.807, 2.05) is 24.0 Å². The second-order valence-electron chi connectivity index (χ2n) is 7.76. The Labute approximate surface area is 172 Å². The zero-order valence-corrected chi connectivity index (χ0v) is 17.5. The summed E-state index contributed by atoms with van der Waals surface area (Å²) < 4.78 is 0. The number of carbonyl (C=O) groups is 2. The molecule has 0 spiro atoms. The van der Waals surface area contributed by atoms with Crippen molar-refractivity contribution in [1.29, 1.82) is 0 Å². The van der Waals surface area contributed by atoms with Crippen LogP contribution in [0.1, 0.15) is 32.6 Å². The summed E-state index contributed by atoms with van der Waals surface area (Å²) in [6.07, 6.45) is 4.69. The van der Waals surface area contributed by atoms with Gasteiger partial charge in [0.15, 0.2) is 0 Å². The number of para-hydroxylation sites is 1. The Kier molecular flexibility index (Phi) is 7.71. The first-order chi connectivity index (χ1) is 13.5. The van der Waals surface area contributed by atoms with Crippen molar-refractivity contribution in [3.8, 4) is 0 Å². The lowest BCUT2D eigenvalue weighted by Crippen LogP contribution is -2.55. The topological polar surface area (TPSA) is 55.9 Å². The highest BCUT2D eigenvalue weighted by atomic mass is 35.5. The lowest BCUT2D eigenvalue weighted by atomic mass is 10.2. The van der Waals surface area contributed by atoms with Gasteiger partial charge < -0.3 is 10.2 Å². The van der Waals surface area contributed by atoms with Gasteiger partial charge in [-0.25, -0.2) is 0 Å². The summed E-state index contributed by atoms with van der Waals surface area (Å²) in [4.78, 5) is 31.6. The summed E-state index contributed by atoms with van der Waals surface area (Å²) in [5, 5.41) is 3.41. The molecule has 1 N–H and O–H groups in total. The van der Waals surface area contributed by atoms with Gasteiger partial charge in [0.05, 0.1) is 23.3 Å². The fourth-order valence-corrected chi connectivity index (χ4v) is 4.16. The zero-order chi connectivity index (χ0) is 19.9. The molecule has 0 unspecified atom stereocenters. The van der Waals surface area contributed by atoms with E-state index in [0.717, 1.165) is 52.1 Å². The minimum atomic E-state index is -0.0859. The third kappa shape index (κ3) is 5.69. The molecule has 6 nitrogen and oxygen atoms in total. The zero-order valence-electron chi connectivity index (χ0n) is 16.7. The van der Waals surface area contributed by atoms with Crippen LogP contribution in [0.2, 0.25) is 5.02 Å². The van der Waals surface area contributed by atoms with Crippen molar-refractivity contribution in [2.45, 2.75) is 38.6 Å². The van der Waals surface area contributed by atoms with E-state index in [2.05, 4.69) is 15.1 Å². The summed E-state index contributed by atoms with van der Waals surface area (Å²) in [7, 11) is 0. The summed E-state index contributed by atoms with van der Waals surface area (Å²) >= 11 is 6.10. The van der Waals surface area contributed by atoms with Gasteiger partial charge in [-0.3, -0.25) is 19.4 Å². The summed E-state index contributed by atoms with van der Waals surface area (Å²) in [6, 6.07) is 7.17. The molecular formula is C21H31ClN4O2. The molecule has 0 radical (unpaired) electrons. The standard InChI is InChI=1S/C21H31ClN4O2/c1-17(21(28)26-10-6-2-3-7-11-26)25-14-12-24(13-15-25)16-20(27)23-19-9-5-4-8-18(19)22/h4-5,8-9,17H,2-3,6-7,10-16H2,1H3,(H,23,27)/t17-/m0/s1. The molecule has 0 saturated carbocycles. The average Bonchev–Trinajstić information content (AvgIpc) is 2.99. The third-order valence-electron chi connectivity index (χ3n) is 5.74. The van der Waals surface area contributed by atoms with Crippen LogP contribution in [-0.4, -0.2) is 78.4 Å². The normalized spacial score (nSPS) is 20.4. The summed E-state index contributed by atoms with van der Waals surface area (Å²) in [6.45, 7) is 7.33. The number of amides is 2. The molecule has 2 aliphatic heterocycles. The first kappa shape index (κ1) is 21.1. The van der Waals surface area contributed by atoms with Crippen LogP contribution in [0, 0.1) is 0 Å². The van der Waals surface area contributed by atoms with E-state index in [0.29, 0.717) is 17.3 Å². The minimum absolute atomic E-state index is 0.0600. The van der Waals surface area contributed by atoms with Crippen molar-refractivity contribution in [2.75, 3.05) is 51.1 Å². The molecule has 2 saturated heterocycles. The quantitative estimate of drug-likeness (QED) is 0.816. The Morgan fingerprint density at radius 3 is 2.29 bits per heavy atom. The van der Waals surface area contributed by atoms with Gasteiger partial charge in [0, 0.05) is 39.3 Å². The van der Waals surface area contributed by atoms with Crippen molar-refractivity contribution < 1.29 is 9.59 Å². The molecule has 2 aliphatic rings. The van der Waals surface area contributed by atoms with Crippen LogP contribution >= 0.6 is 11.6 Å². The SMILES string of the molecule is C[C@@H](C(=O)N1CCCCCC1)N1CCN(CC(=O)Nc2ccccc2Cl)CC1. The second kappa shape index (κ2) is 10.2. The van der Waals surface area contributed by atoms with Crippen LogP contribution in [0.25, 0.3) is 0 Å². The number of likely N-dealkylation sites (tertiary alicyclic amines) is 1. The number of hydrogen-bond donors (Lipinski definition) is 1. The molecule has 2 heterocycles. The number of piperazine rings is 1. The number of carbonyl (C=O) groups excluding carboxylic acids is 2. The van der Waals surface area contributed by atoms with E-state index in [1.54, 1.807) is 12.1 Å². The highest BCUT2D eigenvalue weighted by molar-refractivity contribution is 6.33. The molecule has 3 rings (SSSR count). The predicted octanol–water partition coefficient (Wildman–Crippen LogP) is 2.69. The number of hydrogen-bond acceptors (Lipinski definition) is 4. The van der Waals surface area contributed by atoms with Gasteiger partial charge >= 0.3 is 0 Å². The summed E-state index contributed by atoms with van der Waals surface area (Å²) in [5.74, 6) is 0.196. The number of nitrogens with one attached hydrogen (secondary N) is 1. The van der Waals surface area contributed by atoms with E-state index < -0.39 is 0 Å². The maximum Gasteiger partial charge on any atom is 0.239 e. The Hall–Kier alpha value is -1.63. The van der Waals surface area contributed by atoms with Crippen LogP contribution in [0.4, 0.5) is 5.69 Å². The molecule has 1 aromatic rings. The number of nitrogens with zero attached hydrogens (tertiary/aromatic N) is 3. The molecule has 7 heteroatoms. The van der Waals surface area contributed by atoms with Gasteiger partial charge in [0.2, 0.25) is 11.8 Å². The Morgan fingerprint density at radius 1 is 1.00 bits per heavy atom. The molecular weight excluding hydrogens is 376 g/mol. The smallest absolute Gasteiger partial charge is 0.239 e. The highest BCUT2D eigenvalue weighted by Crippen LogP contribution is 2.20. The minimum Gasteiger partial charge on any atom is -0.341 e. The van der Waals surface area contributed by atoms with Crippen LogP contribution in [-0.2, 0) is 9.59 Å². The second-order valence-corrected chi connectivity index (χ2v) is 8.16. The Morgan fingerprint density at radius 2 is 1.64 bits per heavy atom. The van der Waals surface area contributed by atoms with Crippen molar-refractivity contribution >= 4 is 29.1 Å². The van der Waals surface area contributed by atoms with Crippen molar-refractivity contribution in [3.05, 3.63) is 29.3 Å². The Bertz CT molecular complexity index is 668. The third-order valence-corrected chi connectivity index (χ3v) is 6.07. The molecule has 0 aromatic heterocycles.